The van der Waals surface area contributed by atoms with Gasteiger partial charge in [-0.1, -0.05) is 19.1 Å². The highest BCUT2D eigenvalue weighted by Crippen LogP contribution is 2.23. The molecule has 0 atom stereocenters. The normalized spacial score (nSPS) is 9.93. The first-order valence-corrected chi connectivity index (χ1v) is 8.82. The molecule has 27 heavy (non-hydrogen) atoms. The van der Waals surface area contributed by atoms with Crippen LogP contribution in [0.1, 0.15) is 22.8 Å². The van der Waals surface area contributed by atoms with Crippen molar-refractivity contribution in [2.75, 3.05) is 17.7 Å². The summed E-state index contributed by atoms with van der Waals surface area (Å²) in [5.41, 5.74) is 0.144. The monoisotopic (exact) mass is 385 g/mol. The summed E-state index contributed by atoms with van der Waals surface area (Å²) < 4.78 is 5.03. The molecule has 1 N–H and O–H groups in total. The number of hydrogen-bond acceptors (Lipinski definition) is 7. The van der Waals surface area contributed by atoms with Crippen molar-refractivity contribution in [3.63, 3.8) is 0 Å². The van der Waals surface area contributed by atoms with Gasteiger partial charge in [0.2, 0.25) is 0 Å². The number of nitriles is 1. The van der Waals surface area contributed by atoms with Crippen LogP contribution in [0, 0.1) is 21.4 Å². The van der Waals surface area contributed by atoms with E-state index in [-0.39, 0.29) is 16.9 Å². The average Bonchev–Trinajstić information content (AvgIpc) is 2.67. The van der Waals surface area contributed by atoms with Crippen LogP contribution in [0.15, 0.2) is 47.4 Å². The van der Waals surface area contributed by atoms with E-state index in [0.29, 0.717) is 5.56 Å². The van der Waals surface area contributed by atoms with Gasteiger partial charge in [-0.15, -0.1) is 11.8 Å². The third-order valence-electron chi connectivity index (χ3n) is 3.35. The molecule has 0 radical (unpaired) electrons. The van der Waals surface area contributed by atoms with Crippen LogP contribution in [-0.2, 0) is 9.53 Å². The van der Waals surface area contributed by atoms with Gasteiger partial charge in [-0.2, -0.15) is 5.26 Å². The Kier molecular flexibility index (Phi) is 6.91. The molecule has 2 rings (SSSR count). The summed E-state index contributed by atoms with van der Waals surface area (Å²) >= 11 is 1.48. The van der Waals surface area contributed by atoms with E-state index in [1.165, 1.54) is 23.9 Å². The molecule has 0 aliphatic rings. The lowest BCUT2D eigenvalue weighted by atomic mass is 10.1. The first-order chi connectivity index (χ1) is 13.0. The number of esters is 1. The van der Waals surface area contributed by atoms with Crippen molar-refractivity contribution < 1.29 is 19.2 Å². The molecule has 8 nitrogen and oxygen atoms in total. The predicted molar refractivity (Wildman–Crippen MR) is 99.6 cm³/mol. The van der Waals surface area contributed by atoms with Gasteiger partial charge in [0.1, 0.15) is 6.07 Å². The second-order valence-electron chi connectivity index (χ2n) is 5.15. The minimum atomic E-state index is -0.658. The number of thioether (sulfide) groups is 1. The molecule has 0 fully saturated rings. The molecule has 0 bridgehead atoms. The number of carbonyl (C=O) groups is 2. The number of nitrogens with one attached hydrogen (secondary N) is 1. The molecule has 0 aromatic heterocycles. The number of ether oxygens (including phenoxy) is 1. The Bertz CT molecular complexity index is 923. The molecule has 138 valence electrons. The van der Waals surface area contributed by atoms with Crippen LogP contribution in [0.5, 0.6) is 0 Å². The summed E-state index contributed by atoms with van der Waals surface area (Å²) in [6.45, 7) is 1.41. The van der Waals surface area contributed by atoms with Crippen LogP contribution < -0.4 is 5.32 Å². The van der Waals surface area contributed by atoms with Gasteiger partial charge in [0.25, 0.3) is 11.6 Å². The standard InChI is InChI=1S/C18H15N3O5S/c1-2-27-16-6-4-3-5-14(16)18(23)26-11-17(22)20-15-8-7-13(21(24)25)9-12(15)10-19/h3-9H,2,11H2,1H3,(H,20,22). The van der Waals surface area contributed by atoms with Gasteiger partial charge in [-0.05, 0) is 24.0 Å². The van der Waals surface area contributed by atoms with Gasteiger partial charge in [0.05, 0.1) is 21.7 Å². The maximum Gasteiger partial charge on any atom is 0.339 e. The first kappa shape index (κ1) is 19.9. The van der Waals surface area contributed by atoms with Crippen molar-refractivity contribution in [1.82, 2.24) is 0 Å². The second kappa shape index (κ2) is 9.35. The Balaban J connectivity index is 2.02. The van der Waals surface area contributed by atoms with Crippen LogP contribution in [0.2, 0.25) is 0 Å². The van der Waals surface area contributed by atoms with E-state index >= 15 is 0 Å². The number of hydrogen-bond donors (Lipinski definition) is 1. The smallest absolute Gasteiger partial charge is 0.339 e. The zero-order valence-corrected chi connectivity index (χ0v) is 15.1. The van der Waals surface area contributed by atoms with Gasteiger partial charge in [-0.25, -0.2) is 4.79 Å². The van der Waals surface area contributed by atoms with Gasteiger partial charge in [-0.3, -0.25) is 14.9 Å². The number of amides is 1. The van der Waals surface area contributed by atoms with E-state index in [4.69, 9.17) is 10.00 Å². The molecule has 0 aliphatic carbocycles. The molecule has 0 saturated carbocycles. The van der Waals surface area contributed by atoms with Crippen molar-refractivity contribution in [2.45, 2.75) is 11.8 Å². The van der Waals surface area contributed by atoms with E-state index in [9.17, 15) is 19.7 Å². The highest BCUT2D eigenvalue weighted by Gasteiger charge is 2.16. The molecule has 0 aliphatic heterocycles. The van der Waals surface area contributed by atoms with Gasteiger partial charge >= 0.3 is 5.97 Å². The van der Waals surface area contributed by atoms with Crippen LogP contribution in [0.3, 0.4) is 0 Å². The Labute approximate surface area is 159 Å². The molecular weight excluding hydrogens is 370 g/mol. The van der Waals surface area contributed by atoms with Crippen molar-refractivity contribution in [3.8, 4) is 6.07 Å². The fraction of sp³-hybridized carbons (Fsp3) is 0.167. The topological polar surface area (TPSA) is 122 Å². The Hall–Kier alpha value is -3.38. The van der Waals surface area contributed by atoms with Crippen molar-refractivity contribution in [2.24, 2.45) is 0 Å². The maximum atomic E-state index is 12.2. The molecule has 0 unspecified atom stereocenters. The Morgan fingerprint density at radius 2 is 2.04 bits per heavy atom. The fourth-order valence-corrected chi connectivity index (χ4v) is 2.95. The number of rotatable bonds is 7. The minimum Gasteiger partial charge on any atom is -0.452 e. The first-order valence-electron chi connectivity index (χ1n) is 7.83. The molecule has 2 aromatic carbocycles. The number of anilines is 1. The summed E-state index contributed by atoms with van der Waals surface area (Å²) in [4.78, 5) is 35.1. The lowest BCUT2D eigenvalue weighted by Gasteiger charge is -2.10. The van der Waals surface area contributed by atoms with E-state index in [0.717, 1.165) is 16.7 Å². The second-order valence-corrected chi connectivity index (χ2v) is 6.46. The van der Waals surface area contributed by atoms with Crippen LogP contribution >= 0.6 is 11.8 Å². The highest BCUT2D eigenvalue weighted by molar-refractivity contribution is 7.99. The van der Waals surface area contributed by atoms with E-state index < -0.39 is 23.4 Å². The minimum absolute atomic E-state index is 0.0615. The number of nitrogens with zero attached hydrogens (tertiary/aromatic N) is 2. The van der Waals surface area contributed by atoms with Crippen molar-refractivity contribution in [3.05, 3.63) is 63.7 Å². The van der Waals surface area contributed by atoms with Gasteiger partial charge in [0.15, 0.2) is 6.61 Å². The average molecular weight is 385 g/mol. The summed E-state index contributed by atoms with van der Waals surface area (Å²) in [6, 6.07) is 12.2. The predicted octanol–water partition coefficient (Wildman–Crippen LogP) is 3.37. The van der Waals surface area contributed by atoms with Crippen LogP contribution in [-0.4, -0.2) is 29.2 Å². The number of benzene rings is 2. The molecular formula is C18H15N3O5S. The Morgan fingerprint density at radius 3 is 2.70 bits per heavy atom. The largest absolute Gasteiger partial charge is 0.452 e. The molecule has 9 heteroatoms. The number of carbonyl (C=O) groups excluding carboxylic acids is 2. The lowest BCUT2D eigenvalue weighted by molar-refractivity contribution is -0.384. The molecule has 0 heterocycles. The quantitative estimate of drug-likeness (QED) is 0.335. The van der Waals surface area contributed by atoms with Crippen molar-refractivity contribution in [1.29, 1.82) is 5.26 Å². The maximum absolute atomic E-state index is 12.2. The summed E-state index contributed by atoms with van der Waals surface area (Å²) in [5.74, 6) is -0.512. The molecule has 2 aromatic rings. The van der Waals surface area contributed by atoms with Gasteiger partial charge in [0, 0.05) is 17.0 Å². The summed E-state index contributed by atoms with van der Waals surface area (Å²) in [6.07, 6.45) is 0. The molecule has 0 saturated heterocycles. The van der Waals surface area contributed by atoms with E-state index in [2.05, 4.69) is 5.32 Å². The third kappa shape index (κ3) is 5.29. The number of nitro benzene ring substituents is 1. The van der Waals surface area contributed by atoms with Crippen LogP contribution in [0.25, 0.3) is 0 Å². The van der Waals surface area contributed by atoms with E-state index in [1.807, 2.05) is 6.92 Å². The van der Waals surface area contributed by atoms with Crippen molar-refractivity contribution >= 4 is 35.0 Å². The summed E-state index contributed by atoms with van der Waals surface area (Å²) in [5, 5.41) is 22.2. The number of non-ortho nitro benzene ring substituents is 1. The number of nitro groups is 1. The third-order valence-corrected chi connectivity index (χ3v) is 4.31. The fourth-order valence-electron chi connectivity index (χ4n) is 2.16. The summed E-state index contributed by atoms with van der Waals surface area (Å²) in [7, 11) is 0. The van der Waals surface area contributed by atoms with Crippen LogP contribution in [0.4, 0.5) is 11.4 Å². The SMILES string of the molecule is CCSc1ccccc1C(=O)OCC(=O)Nc1ccc([N+](=O)[O-])cc1C#N. The Morgan fingerprint density at radius 1 is 1.30 bits per heavy atom. The highest BCUT2D eigenvalue weighted by atomic mass is 32.2. The zero-order valence-electron chi connectivity index (χ0n) is 14.3. The van der Waals surface area contributed by atoms with Gasteiger partial charge < -0.3 is 10.1 Å². The lowest BCUT2D eigenvalue weighted by Crippen LogP contribution is -2.21. The molecule has 1 amide bonds. The zero-order chi connectivity index (χ0) is 19.8. The van der Waals surface area contributed by atoms with E-state index in [1.54, 1.807) is 30.3 Å². The molecule has 0 spiro atoms.